The van der Waals surface area contributed by atoms with Gasteiger partial charge in [0.05, 0.1) is 13.0 Å². The maximum atomic E-state index is 11.0. The van der Waals surface area contributed by atoms with Gasteiger partial charge in [-0.15, -0.1) is 10.2 Å². The Balaban J connectivity index is 1.49. The fourth-order valence-electron chi connectivity index (χ4n) is 2.49. The summed E-state index contributed by atoms with van der Waals surface area (Å²) in [6, 6.07) is 13.8. The second-order valence-corrected chi connectivity index (χ2v) is 5.45. The molecule has 0 bridgehead atoms. The number of pyridine rings is 1. The van der Waals surface area contributed by atoms with E-state index in [0.29, 0.717) is 0 Å². The number of hydrogen-bond donors (Lipinski definition) is 2. The number of carbonyl (C=O) groups excluding carboxylic acids is 1. The number of nitrogens with one attached hydrogen (secondary N) is 1. The molecule has 2 aromatic heterocycles. The molecule has 0 saturated heterocycles. The van der Waals surface area contributed by atoms with Crippen molar-refractivity contribution in [1.29, 1.82) is 0 Å². The number of anilines is 1. The summed E-state index contributed by atoms with van der Waals surface area (Å²) in [5.74, 6) is 0.933. The monoisotopic (exact) mass is 310 g/mol. The number of fused-ring (bicyclic) bond motifs is 1. The highest BCUT2D eigenvalue weighted by Crippen LogP contribution is 2.08. The normalized spacial score (nSPS) is 10.8. The lowest BCUT2D eigenvalue weighted by molar-refractivity contribution is -0.670. The van der Waals surface area contributed by atoms with Crippen LogP contribution in [0.25, 0.3) is 5.65 Å². The van der Waals surface area contributed by atoms with Crippen LogP contribution in [0.3, 0.4) is 0 Å². The predicted molar refractivity (Wildman–Crippen MR) is 87.9 cm³/mol. The standard InChI is InChI=1S/C17H19N5O/c1-13(23)19-15-7-5-14(6-8-15)12-18-10-9-17-21-20-16-4-2-3-11-22(16)17/h2-8,11,18H,9-10,12H2,1H3,(H,19,23)/p+1. The predicted octanol–water partition coefficient (Wildman–Crippen LogP) is 0.994. The van der Waals surface area contributed by atoms with Crippen molar-refractivity contribution in [3.8, 4) is 0 Å². The van der Waals surface area contributed by atoms with Crippen LogP contribution in [0.2, 0.25) is 0 Å². The molecule has 0 spiro atoms. The Bertz CT molecular complexity index is 794. The first-order valence-electron chi connectivity index (χ1n) is 7.69. The molecule has 6 nitrogen and oxygen atoms in total. The van der Waals surface area contributed by atoms with Gasteiger partial charge >= 0.3 is 0 Å². The minimum absolute atomic E-state index is 0.0511. The lowest BCUT2D eigenvalue weighted by Crippen LogP contribution is -2.83. The van der Waals surface area contributed by atoms with Crippen LogP contribution < -0.4 is 10.6 Å². The highest BCUT2D eigenvalue weighted by atomic mass is 16.1. The van der Waals surface area contributed by atoms with E-state index in [2.05, 4.69) is 20.8 Å². The topological polar surface area (TPSA) is 75.9 Å². The van der Waals surface area contributed by atoms with E-state index in [1.54, 1.807) is 0 Å². The summed E-state index contributed by atoms with van der Waals surface area (Å²) in [5.41, 5.74) is 2.94. The molecule has 118 valence electrons. The van der Waals surface area contributed by atoms with Gasteiger partial charge in [0.1, 0.15) is 12.4 Å². The molecular weight excluding hydrogens is 290 g/mol. The zero-order chi connectivity index (χ0) is 16.1. The van der Waals surface area contributed by atoms with Crippen molar-refractivity contribution >= 4 is 17.2 Å². The van der Waals surface area contributed by atoms with E-state index in [9.17, 15) is 4.79 Å². The van der Waals surface area contributed by atoms with Gasteiger partial charge in [-0.2, -0.15) is 0 Å². The molecule has 3 N–H and O–H groups in total. The third-order valence-corrected chi connectivity index (χ3v) is 3.61. The van der Waals surface area contributed by atoms with E-state index in [1.807, 2.05) is 53.1 Å². The van der Waals surface area contributed by atoms with Gasteiger partial charge in [-0.1, -0.05) is 18.2 Å². The Hall–Kier alpha value is -2.73. The molecule has 3 aromatic rings. The molecule has 0 atom stereocenters. The van der Waals surface area contributed by atoms with Crippen LogP contribution in [0.15, 0.2) is 48.7 Å². The van der Waals surface area contributed by atoms with Crippen LogP contribution in [0.1, 0.15) is 18.3 Å². The van der Waals surface area contributed by atoms with Crippen LogP contribution in [0, 0.1) is 0 Å². The maximum Gasteiger partial charge on any atom is 0.221 e. The fraction of sp³-hybridized carbons (Fsp3) is 0.235. The number of nitrogens with two attached hydrogens (primary N) is 1. The first-order valence-corrected chi connectivity index (χ1v) is 7.69. The fourth-order valence-corrected chi connectivity index (χ4v) is 2.49. The third-order valence-electron chi connectivity index (χ3n) is 3.61. The zero-order valence-electron chi connectivity index (χ0n) is 13.1. The van der Waals surface area contributed by atoms with Gasteiger partial charge in [0.2, 0.25) is 5.91 Å². The molecule has 1 aromatic carbocycles. The quantitative estimate of drug-likeness (QED) is 0.667. The van der Waals surface area contributed by atoms with Gasteiger partial charge in [-0.25, -0.2) is 0 Å². The summed E-state index contributed by atoms with van der Waals surface area (Å²) in [4.78, 5) is 11.0. The van der Waals surface area contributed by atoms with Crippen molar-refractivity contribution in [2.24, 2.45) is 0 Å². The molecule has 3 rings (SSSR count). The van der Waals surface area contributed by atoms with E-state index in [0.717, 1.165) is 36.7 Å². The number of rotatable bonds is 6. The molecule has 6 heteroatoms. The Kier molecular flexibility index (Phi) is 4.63. The number of quaternary nitrogens is 1. The van der Waals surface area contributed by atoms with Crippen molar-refractivity contribution in [3.05, 3.63) is 60.0 Å². The molecule has 2 heterocycles. The van der Waals surface area contributed by atoms with Crippen LogP contribution in [-0.4, -0.2) is 27.0 Å². The molecule has 0 aliphatic carbocycles. The average Bonchev–Trinajstić information content (AvgIpc) is 2.96. The van der Waals surface area contributed by atoms with Gasteiger partial charge < -0.3 is 10.6 Å². The van der Waals surface area contributed by atoms with Crippen LogP contribution in [0.4, 0.5) is 5.69 Å². The smallest absolute Gasteiger partial charge is 0.221 e. The lowest BCUT2D eigenvalue weighted by Gasteiger charge is -2.04. The average molecular weight is 310 g/mol. The zero-order valence-corrected chi connectivity index (χ0v) is 13.1. The van der Waals surface area contributed by atoms with Gasteiger partial charge in [0, 0.05) is 24.4 Å². The Morgan fingerprint density at radius 3 is 2.78 bits per heavy atom. The second-order valence-electron chi connectivity index (χ2n) is 5.45. The highest BCUT2D eigenvalue weighted by molar-refractivity contribution is 5.88. The van der Waals surface area contributed by atoms with E-state index < -0.39 is 0 Å². The van der Waals surface area contributed by atoms with Crippen molar-refractivity contribution in [1.82, 2.24) is 14.6 Å². The third kappa shape index (κ3) is 3.92. The molecule has 1 amide bonds. The summed E-state index contributed by atoms with van der Waals surface area (Å²) in [7, 11) is 0. The number of nitrogens with zero attached hydrogens (tertiary/aromatic N) is 3. The van der Waals surface area contributed by atoms with Gasteiger partial charge in [-0.3, -0.25) is 9.20 Å². The number of hydrogen-bond acceptors (Lipinski definition) is 3. The molecule has 23 heavy (non-hydrogen) atoms. The summed E-state index contributed by atoms with van der Waals surface area (Å²) < 4.78 is 2.02. The number of aromatic nitrogens is 3. The van der Waals surface area contributed by atoms with Crippen molar-refractivity contribution in [3.63, 3.8) is 0 Å². The van der Waals surface area contributed by atoms with E-state index in [-0.39, 0.29) is 5.91 Å². The van der Waals surface area contributed by atoms with Crippen LogP contribution in [-0.2, 0) is 17.8 Å². The Morgan fingerprint density at radius 2 is 2.00 bits per heavy atom. The van der Waals surface area contributed by atoms with E-state index >= 15 is 0 Å². The highest BCUT2D eigenvalue weighted by Gasteiger charge is 2.05. The Morgan fingerprint density at radius 1 is 1.17 bits per heavy atom. The van der Waals surface area contributed by atoms with Gasteiger partial charge in [-0.05, 0) is 24.3 Å². The maximum absolute atomic E-state index is 11.0. The number of carbonyl (C=O) groups is 1. The Labute approximate surface area is 134 Å². The van der Waals surface area contributed by atoms with Crippen LogP contribution >= 0.6 is 0 Å². The molecule has 0 aliphatic rings. The van der Waals surface area contributed by atoms with Crippen molar-refractivity contribution in [2.45, 2.75) is 19.9 Å². The molecule has 0 aliphatic heterocycles. The molecule has 0 fully saturated rings. The van der Waals surface area contributed by atoms with E-state index in [4.69, 9.17) is 0 Å². The summed E-state index contributed by atoms with van der Waals surface area (Å²) in [5, 5.41) is 13.4. The first-order chi connectivity index (χ1) is 11.2. The van der Waals surface area contributed by atoms with Gasteiger partial charge in [0.25, 0.3) is 0 Å². The van der Waals surface area contributed by atoms with Crippen molar-refractivity contribution in [2.75, 3.05) is 11.9 Å². The summed E-state index contributed by atoms with van der Waals surface area (Å²) in [6.45, 7) is 3.36. The summed E-state index contributed by atoms with van der Waals surface area (Å²) >= 11 is 0. The number of amides is 1. The molecule has 0 radical (unpaired) electrons. The largest absolute Gasteiger partial charge is 0.342 e. The minimum Gasteiger partial charge on any atom is -0.342 e. The molecule has 0 unspecified atom stereocenters. The molecular formula is C17H20N5O+. The lowest BCUT2D eigenvalue weighted by atomic mass is 10.2. The minimum atomic E-state index is -0.0511. The second kappa shape index (κ2) is 7.02. The van der Waals surface area contributed by atoms with Gasteiger partial charge in [0.15, 0.2) is 5.65 Å². The van der Waals surface area contributed by atoms with Crippen LogP contribution in [0.5, 0.6) is 0 Å². The first kappa shape index (κ1) is 15.2. The van der Waals surface area contributed by atoms with E-state index in [1.165, 1.54) is 12.5 Å². The molecule has 0 saturated carbocycles. The van der Waals surface area contributed by atoms with Crippen molar-refractivity contribution < 1.29 is 10.1 Å². The number of benzene rings is 1. The summed E-state index contributed by atoms with van der Waals surface area (Å²) in [6.07, 6.45) is 2.86. The SMILES string of the molecule is CC(=O)Nc1ccc(C[NH2+]CCc2nnc3ccccn23)cc1.